The first-order valence-electron chi connectivity index (χ1n) is 18.9. The number of thioether (sulfide) groups is 1. The van der Waals surface area contributed by atoms with Crippen LogP contribution in [0.5, 0.6) is 0 Å². The van der Waals surface area contributed by atoms with Gasteiger partial charge in [0.05, 0.1) is 18.8 Å². The van der Waals surface area contributed by atoms with Crippen molar-refractivity contribution < 1.29 is 19.1 Å². The first kappa shape index (κ1) is 43.8. The summed E-state index contributed by atoms with van der Waals surface area (Å²) in [5.74, 6) is 1.38. The summed E-state index contributed by atoms with van der Waals surface area (Å²) < 4.78 is 11.4. The number of carbonyl (C=O) groups is 2. The van der Waals surface area contributed by atoms with Crippen molar-refractivity contribution in [2.45, 2.75) is 168 Å². The van der Waals surface area contributed by atoms with Crippen LogP contribution < -0.4 is 0 Å². The highest BCUT2D eigenvalue weighted by Gasteiger charge is 2.15. The van der Waals surface area contributed by atoms with E-state index in [0.29, 0.717) is 26.1 Å². The highest BCUT2D eigenvalue weighted by molar-refractivity contribution is 8.13. The second-order valence-corrected chi connectivity index (χ2v) is 14.1. The second-order valence-electron chi connectivity index (χ2n) is 13.1. The number of hydrogen-bond donors (Lipinski definition) is 0. The fourth-order valence-corrected chi connectivity index (χ4v) is 6.33. The molecule has 7 heteroatoms. The highest BCUT2D eigenvalue weighted by atomic mass is 32.2. The Morgan fingerprint density at radius 3 is 1.40 bits per heavy atom. The first-order valence-corrected chi connectivity index (χ1v) is 19.9. The van der Waals surface area contributed by atoms with Crippen LogP contribution in [0.15, 0.2) is 12.3 Å². The third-order valence-electron chi connectivity index (χ3n) is 8.36. The fourth-order valence-electron chi connectivity index (χ4n) is 5.34. The molecule has 0 rings (SSSR count). The van der Waals surface area contributed by atoms with Crippen molar-refractivity contribution in [1.29, 1.82) is 0 Å². The molecule has 0 heterocycles. The summed E-state index contributed by atoms with van der Waals surface area (Å²) in [4.78, 5) is 29.0. The summed E-state index contributed by atoms with van der Waals surface area (Å²) in [6, 6.07) is 0. The lowest BCUT2D eigenvalue weighted by Crippen LogP contribution is -2.35. The molecule has 0 saturated carbocycles. The first-order chi connectivity index (χ1) is 21.9. The van der Waals surface area contributed by atoms with Crippen LogP contribution in [-0.4, -0.2) is 73.7 Å². The predicted molar refractivity (Wildman–Crippen MR) is 196 cm³/mol. The van der Waals surface area contributed by atoms with Crippen LogP contribution in [0, 0.1) is 0 Å². The van der Waals surface area contributed by atoms with Gasteiger partial charge >= 0.3 is 5.97 Å². The van der Waals surface area contributed by atoms with Gasteiger partial charge in [0.25, 0.3) is 5.24 Å². The third kappa shape index (κ3) is 32.5. The SMILES string of the molecule is C=C(CCCCCCCCCCCCC)OCCN(CCOC(=O)CCCCCCCCCCCCC)C(=O)SCCN(C)C. The normalized spacial score (nSPS) is 11.2. The van der Waals surface area contributed by atoms with Crippen LogP contribution in [0.3, 0.4) is 0 Å². The Labute approximate surface area is 284 Å². The molecule has 0 saturated heterocycles. The molecule has 0 aromatic rings. The molecule has 0 aromatic heterocycles. The van der Waals surface area contributed by atoms with Crippen LogP contribution in [0.25, 0.3) is 0 Å². The van der Waals surface area contributed by atoms with Gasteiger partial charge in [-0.2, -0.15) is 0 Å². The minimum atomic E-state index is -0.157. The van der Waals surface area contributed by atoms with Crippen molar-refractivity contribution in [3.63, 3.8) is 0 Å². The van der Waals surface area contributed by atoms with E-state index in [1.54, 1.807) is 4.90 Å². The second kappa shape index (κ2) is 34.1. The lowest BCUT2D eigenvalue weighted by molar-refractivity contribution is -0.144. The molecule has 0 aliphatic carbocycles. The van der Waals surface area contributed by atoms with E-state index in [-0.39, 0.29) is 17.8 Å². The molecule has 0 aliphatic rings. The zero-order chi connectivity index (χ0) is 33.2. The van der Waals surface area contributed by atoms with Crippen LogP contribution in [-0.2, 0) is 14.3 Å². The van der Waals surface area contributed by atoms with Crippen molar-refractivity contribution in [1.82, 2.24) is 9.80 Å². The maximum Gasteiger partial charge on any atom is 0.305 e. The molecule has 0 N–H and O–H groups in total. The molecule has 266 valence electrons. The van der Waals surface area contributed by atoms with Gasteiger partial charge in [-0.3, -0.25) is 9.59 Å². The van der Waals surface area contributed by atoms with E-state index in [4.69, 9.17) is 9.47 Å². The van der Waals surface area contributed by atoms with Gasteiger partial charge in [0, 0.05) is 25.1 Å². The Bertz CT molecular complexity index is 645. The molecular weight excluding hydrogens is 580 g/mol. The molecule has 0 fully saturated rings. The number of unbranched alkanes of at least 4 members (excludes halogenated alkanes) is 20. The van der Waals surface area contributed by atoms with E-state index in [1.807, 2.05) is 14.1 Å². The van der Waals surface area contributed by atoms with Crippen LogP contribution in [0.2, 0.25) is 0 Å². The van der Waals surface area contributed by atoms with Gasteiger partial charge in [-0.1, -0.05) is 161 Å². The van der Waals surface area contributed by atoms with E-state index >= 15 is 0 Å². The van der Waals surface area contributed by atoms with Gasteiger partial charge in [-0.25, -0.2) is 0 Å². The minimum Gasteiger partial charge on any atom is -0.497 e. The van der Waals surface area contributed by atoms with Crippen molar-refractivity contribution in [3.05, 3.63) is 12.3 Å². The molecule has 0 radical (unpaired) electrons. The molecule has 0 unspecified atom stereocenters. The summed E-state index contributed by atoms with van der Waals surface area (Å²) in [5, 5.41) is 0.0119. The summed E-state index contributed by atoms with van der Waals surface area (Å²) >= 11 is 1.32. The quantitative estimate of drug-likeness (QED) is 0.0391. The average molecular weight is 655 g/mol. The van der Waals surface area contributed by atoms with Gasteiger partial charge in [-0.05, 0) is 26.9 Å². The monoisotopic (exact) mass is 655 g/mol. The fraction of sp³-hybridized carbons (Fsp3) is 0.895. The minimum absolute atomic E-state index is 0.0119. The van der Waals surface area contributed by atoms with Gasteiger partial charge in [0.15, 0.2) is 0 Å². The van der Waals surface area contributed by atoms with Crippen molar-refractivity contribution >= 4 is 23.0 Å². The number of ether oxygens (including phenoxy) is 2. The maximum atomic E-state index is 12.9. The average Bonchev–Trinajstić information content (AvgIpc) is 3.01. The van der Waals surface area contributed by atoms with Crippen molar-refractivity contribution in [3.8, 4) is 0 Å². The zero-order valence-corrected chi connectivity index (χ0v) is 31.2. The van der Waals surface area contributed by atoms with E-state index in [0.717, 1.165) is 43.7 Å². The largest absolute Gasteiger partial charge is 0.497 e. The maximum absolute atomic E-state index is 12.9. The van der Waals surface area contributed by atoms with Gasteiger partial charge < -0.3 is 19.3 Å². The Morgan fingerprint density at radius 2 is 0.956 bits per heavy atom. The summed E-state index contributed by atoms with van der Waals surface area (Å²) in [6.45, 7) is 11.0. The Balaban J connectivity index is 4.10. The highest BCUT2D eigenvalue weighted by Crippen LogP contribution is 2.15. The number of allylic oxidation sites excluding steroid dienone is 1. The third-order valence-corrected chi connectivity index (χ3v) is 9.25. The van der Waals surface area contributed by atoms with Crippen molar-refractivity contribution in [2.75, 3.05) is 52.7 Å². The van der Waals surface area contributed by atoms with E-state index in [9.17, 15) is 9.59 Å². The molecule has 0 aromatic carbocycles. The molecule has 0 atom stereocenters. The van der Waals surface area contributed by atoms with Crippen LogP contribution in [0.1, 0.15) is 168 Å². The van der Waals surface area contributed by atoms with Crippen LogP contribution in [0.4, 0.5) is 4.79 Å². The van der Waals surface area contributed by atoms with E-state index < -0.39 is 0 Å². The molecule has 45 heavy (non-hydrogen) atoms. The molecule has 0 aliphatic heterocycles. The summed E-state index contributed by atoms with van der Waals surface area (Å²) in [5.41, 5.74) is 0. The van der Waals surface area contributed by atoms with E-state index in [1.165, 1.54) is 134 Å². The van der Waals surface area contributed by atoms with Crippen molar-refractivity contribution in [2.24, 2.45) is 0 Å². The zero-order valence-electron chi connectivity index (χ0n) is 30.4. The topological polar surface area (TPSA) is 59.1 Å². The Kier molecular flexibility index (Phi) is 33.2. The number of amides is 1. The lowest BCUT2D eigenvalue weighted by Gasteiger charge is -2.23. The summed E-state index contributed by atoms with van der Waals surface area (Å²) in [7, 11) is 4.01. The smallest absolute Gasteiger partial charge is 0.305 e. The van der Waals surface area contributed by atoms with E-state index in [2.05, 4.69) is 25.3 Å². The molecule has 1 amide bonds. The molecule has 0 spiro atoms. The Morgan fingerprint density at radius 1 is 0.556 bits per heavy atom. The molecular formula is C38H74N2O4S. The standard InChI is InChI=1S/C38H74N2O4S/c1-6-8-10-12-14-16-18-20-22-24-26-28-36(3)43-33-30-40(38(42)45-35-32-39(4)5)31-34-44-37(41)29-27-25-23-21-19-17-15-13-11-9-7-2/h3,6-35H2,1-2,4-5H3. The van der Waals surface area contributed by atoms with Gasteiger partial charge in [-0.15, -0.1) is 0 Å². The number of nitrogens with zero attached hydrogens (tertiary/aromatic N) is 2. The summed E-state index contributed by atoms with van der Waals surface area (Å²) in [6.07, 6.45) is 29.7. The molecule has 6 nitrogen and oxygen atoms in total. The number of rotatable bonds is 34. The number of carbonyl (C=O) groups excluding carboxylic acids is 2. The Hall–Kier alpha value is -1.21. The molecule has 0 bridgehead atoms. The van der Waals surface area contributed by atoms with Gasteiger partial charge in [0.2, 0.25) is 0 Å². The van der Waals surface area contributed by atoms with Gasteiger partial charge in [0.1, 0.15) is 13.2 Å². The lowest BCUT2D eigenvalue weighted by atomic mass is 10.1. The predicted octanol–water partition coefficient (Wildman–Crippen LogP) is 11.2. The number of hydrogen-bond acceptors (Lipinski definition) is 6. The van der Waals surface area contributed by atoms with Crippen LogP contribution >= 0.6 is 11.8 Å². The number of esters is 1.